The molecule has 0 fully saturated rings. The van der Waals surface area contributed by atoms with E-state index in [-0.39, 0.29) is 18.8 Å². The Morgan fingerprint density at radius 2 is 1.66 bits per heavy atom. The van der Waals surface area contributed by atoms with Crippen LogP contribution in [-0.4, -0.2) is 40.4 Å². The first-order valence-corrected chi connectivity index (χ1v) is 11.1. The lowest BCUT2D eigenvalue weighted by atomic mass is 10.1. The van der Waals surface area contributed by atoms with Crippen LogP contribution in [0.5, 0.6) is 5.75 Å². The maximum atomic E-state index is 12.6. The summed E-state index contributed by atoms with van der Waals surface area (Å²) in [6.07, 6.45) is 5.10. The minimum absolute atomic E-state index is 0.108. The lowest BCUT2D eigenvalue weighted by Crippen LogP contribution is -2.44. The number of ketones is 1. The van der Waals surface area contributed by atoms with Crippen molar-refractivity contribution in [2.45, 2.75) is 12.5 Å². The Kier molecular flexibility index (Phi) is 7.37. The Hall–Kier alpha value is -4.65. The SMILES string of the molecule is O=C(COc1ccc(/C=C/C(=O)c2c[nH]c3ccccc23)cc1)N[C@@H](Cc1ccccc1)C(=O)O. The number of fused-ring (bicyclic) bond motifs is 1. The van der Waals surface area contributed by atoms with Crippen molar-refractivity contribution in [1.29, 1.82) is 0 Å². The number of para-hydroxylation sites is 1. The molecule has 1 amide bonds. The van der Waals surface area contributed by atoms with Crippen LogP contribution < -0.4 is 10.1 Å². The maximum Gasteiger partial charge on any atom is 0.326 e. The molecule has 3 aromatic carbocycles. The summed E-state index contributed by atoms with van der Waals surface area (Å²) < 4.78 is 5.49. The fraction of sp³-hybridized carbons (Fsp3) is 0.107. The number of carboxylic acid groups (broad SMARTS) is 1. The second-order valence-electron chi connectivity index (χ2n) is 7.95. The molecule has 176 valence electrons. The van der Waals surface area contributed by atoms with Crippen LogP contribution >= 0.6 is 0 Å². The van der Waals surface area contributed by atoms with Gasteiger partial charge in [0.15, 0.2) is 12.4 Å². The largest absolute Gasteiger partial charge is 0.484 e. The Morgan fingerprint density at radius 3 is 2.40 bits per heavy atom. The molecule has 0 radical (unpaired) electrons. The molecule has 7 nitrogen and oxygen atoms in total. The highest BCUT2D eigenvalue weighted by molar-refractivity contribution is 6.14. The third-order valence-electron chi connectivity index (χ3n) is 5.45. The number of carboxylic acids is 1. The van der Waals surface area contributed by atoms with Gasteiger partial charge >= 0.3 is 5.97 Å². The van der Waals surface area contributed by atoms with Crippen LogP contribution in [0.2, 0.25) is 0 Å². The van der Waals surface area contributed by atoms with Crippen LogP contribution in [0.25, 0.3) is 17.0 Å². The number of allylic oxidation sites excluding steroid dienone is 1. The normalized spacial score (nSPS) is 11.9. The van der Waals surface area contributed by atoms with Gasteiger partial charge in [-0.2, -0.15) is 0 Å². The molecule has 1 aromatic heterocycles. The molecule has 1 heterocycles. The van der Waals surface area contributed by atoms with Crippen molar-refractivity contribution >= 4 is 34.6 Å². The zero-order valence-corrected chi connectivity index (χ0v) is 18.8. The molecule has 0 spiro atoms. The number of H-pyrrole nitrogens is 1. The Bertz CT molecular complexity index is 1360. The zero-order valence-electron chi connectivity index (χ0n) is 18.8. The number of ether oxygens (including phenoxy) is 1. The van der Waals surface area contributed by atoms with Crippen molar-refractivity contribution in [1.82, 2.24) is 10.3 Å². The Labute approximate surface area is 202 Å². The molecule has 0 aliphatic carbocycles. The van der Waals surface area contributed by atoms with Crippen LogP contribution in [0, 0.1) is 0 Å². The molecule has 0 aliphatic rings. The molecular weight excluding hydrogens is 444 g/mol. The van der Waals surface area contributed by atoms with E-state index in [1.165, 1.54) is 6.08 Å². The summed E-state index contributed by atoms with van der Waals surface area (Å²) in [4.78, 5) is 39.4. The average molecular weight is 469 g/mol. The summed E-state index contributed by atoms with van der Waals surface area (Å²) in [5, 5.41) is 12.8. The van der Waals surface area contributed by atoms with Crippen molar-refractivity contribution in [2.24, 2.45) is 0 Å². The van der Waals surface area contributed by atoms with Gasteiger partial charge < -0.3 is 20.1 Å². The fourth-order valence-corrected chi connectivity index (χ4v) is 3.65. The second-order valence-corrected chi connectivity index (χ2v) is 7.95. The predicted octanol–water partition coefficient (Wildman–Crippen LogP) is 4.25. The van der Waals surface area contributed by atoms with E-state index in [0.29, 0.717) is 11.3 Å². The van der Waals surface area contributed by atoms with Crippen LogP contribution in [0.4, 0.5) is 0 Å². The van der Waals surface area contributed by atoms with Crippen molar-refractivity contribution in [2.75, 3.05) is 6.61 Å². The van der Waals surface area contributed by atoms with Gasteiger partial charge in [0, 0.05) is 29.1 Å². The number of hydrogen-bond donors (Lipinski definition) is 3. The standard InChI is InChI=1S/C28H24N2O5/c31-26(23-17-29-24-9-5-4-8-22(23)24)15-12-19-10-13-21(14-11-19)35-18-27(32)30-25(28(33)34)16-20-6-2-1-3-7-20/h1-15,17,25,29H,16,18H2,(H,30,32)(H,33,34)/b15-12+/t25-/m0/s1. The topological polar surface area (TPSA) is 108 Å². The number of aromatic amines is 1. The van der Waals surface area contributed by atoms with Crippen LogP contribution in [0.1, 0.15) is 21.5 Å². The van der Waals surface area contributed by atoms with Gasteiger partial charge in [-0.25, -0.2) is 4.79 Å². The van der Waals surface area contributed by atoms with Crippen LogP contribution in [0.3, 0.4) is 0 Å². The number of rotatable bonds is 10. The third kappa shape index (κ3) is 6.23. The molecule has 7 heteroatoms. The van der Waals surface area contributed by atoms with E-state index in [0.717, 1.165) is 22.0 Å². The number of aliphatic carboxylic acids is 1. The van der Waals surface area contributed by atoms with E-state index < -0.39 is 17.9 Å². The summed E-state index contributed by atoms with van der Waals surface area (Å²) in [6, 6.07) is 22.6. The molecule has 0 saturated carbocycles. The molecule has 0 bridgehead atoms. The number of carbonyl (C=O) groups excluding carboxylic acids is 2. The van der Waals surface area contributed by atoms with Gasteiger partial charge in [0.05, 0.1) is 0 Å². The van der Waals surface area contributed by atoms with Gasteiger partial charge in [0.2, 0.25) is 0 Å². The van der Waals surface area contributed by atoms with E-state index in [1.807, 2.05) is 54.6 Å². The van der Waals surface area contributed by atoms with Gasteiger partial charge in [0.25, 0.3) is 5.91 Å². The summed E-state index contributed by atoms with van der Waals surface area (Å²) in [5.74, 6) is -1.29. The van der Waals surface area contributed by atoms with Gasteiger partial charge in [-0.1, -0.05) is 66.7 Å². The number of hydrogen-bond acceptors (Lipinski definition) is 4. The molecule has 0 unspecified atom stereocenters. The number of carbonyl (C=O) groups is 3. The highest BCUT2D eigenvalue weighted by atomic mass is 16.5. The van der Waals surface area contributed by atoms with Gasteiger partial charge in [-0.15, -0.1) is 0 Å². The first-order chi connectivity index (χ1) is 17.0. The van der Waals surface area contributed by atoms with Crippen molar-refractivity contribution in [3.63, 3.8) is 0 Å². The van der Waals surface area contributed by atoms with E-state index >= 15 is 0 Å². The van der Waals surface area contributed by atoms with E-state index in [4.69, 9.17) is 4.74 Å². The van der Waals surface area contributed by atoms with Gasteiger partial charge in [-0.3, -0.25) is 9.59 Å². The quantitative estimate of drug-likeness (QED) is 0.238. The minimum Gasteiger partial charge on any atom is -0.484 e. The van der Waals surface area contributed by atoms with E-state index in [9.17, 15) is 19.5 Å². The first kappa shape index (κ1) is 23.5. The number of amides is 1. The Balaban J connectivity index is 1.29. The molecule has 35 heavy (non-hydrogen) atoms. The maximum absolute atomic E-state index is 12.6. The van der Waals surface area contributed by atoms with Crippen LogP contribution in [0.15, 0.2) is 91.1 Å². The highest BCUT2D eigenvalue weighted by Crippen LogP contribution is 2.19. The lowest BCUT2D eigenvalue weighted by Gasteiger charge is -2.15. The molecule has 3 N–H and O–H groups in total. The molecule has 4 aromatic rings. The monoisotopic (exact) mass is 468 g/mol. The minimum atomic E-state index is -1.11. The molecular formula is C28H24N2O5. The predicted molar refractivity (Wildman–Crippen MR) is 133 cm³/mol. The summed E-state index contributed by atoms with van der Waals surface area (Å²) in [7, 11) is 0. The molecule has 1 atom stereocenters. The van der Waals surface area contributed by atoms with Crippen molar-refractivity contribution in [3.8, 4) is 5.75 Å². The molecule has 4 rings (SSSR count). The summed E-state index contributed by atoms with van der Waals surface area (Å²) in [5.41, 5.74) is 3.12. The third-order valence-corrected chi connectivity index (χ3v) is 5.45. The fourth-order valence-electron chi connectivity index (χ4n) is 3.65. The Morgan fingerprint density at radius 1 is 0.943 bits per heavy atom. The smallest absolute Gasteiger partial charge is 0.326 e. The highest BCUT2D eigenvalue weighted by Gasteiger charge is 2.20. The van der Waals surface area contributed by atoms with Crippen molar-refractivity contribution in [3.05, 3.63) is 108 Å². The van der Waals surface area contributed by atoms with Crippen molar-refractivity contribution < 1.29 is 24.2 Å². The zero-order chi connectivity index (χ0) is 24.6. The molecule has 0 saturated heterocycles. The number of benzene rings is 3. The average Bonchev–Trinajstić information content (AvgIpc) is 3.31. The van der Waals surface area contributed by atoms with Gasteiger partial charge in [-0.05, 0) is 35.4 Å². The lowest BCUT2D eigenvalue weighted by molar-refractivity contribution is -0.142. The second kappa shape index (κ2) is 11.0. The number of nitrogens with one attached hydrogen (secondary N) is 2. The van der Waals surface area contributed by atoms with Crippen LogP contribution in [-0.2, 0) is 16.0 Å². The first-order valence-electron chi connectivity index (χ1n) is 11.1. The summed E-state index contributed by atoms with van der Waals surface area (Å²) in [6.45, 7) is -0.313. The molecule has 0 aliphatic heterocycles. The van der Waals surface area contributed by atoms with E-state index in [2.05, 4.69) is 10.3 Å². The number of aromatic nitrogens is 1. The summed E-state index contributed by atoms with van der Waals surface area (Å²) >= 11 is 0. The van der Waals surface area contributed by atoms with Gasteiger partial charge in [0.1, 0.15) is 11.8 Å². The van der Waals surface area contributed by atoms with E-state index in [1.54, 1.807) is 36.5 Å².